The first kappa shape index (κ1) is 13.0. The van der Waals surface area contributed by atoms with Crippen LogP contribution in [0.5, 0.6) is 0 Å². The van der Waals surface area contributed by atoms with Gasteiger partial charge in [-0.25, -0.2) is 9.37 Å². The number of halogens is 1. The quantitative estimate of drug-likeness (QED) is 0.905. The molecule has 1 aromatic carbocycles. The summed E-state index contributed by atoms with van der Waals surface area (Å²) in [5.74, 6) is 0.866. The number of imidazole rings is 1. The van der Waals surface area contributed by atoms with Gasteiger partial charge in [-0.2, -0.15) is 0 Å². The molecule has 0 amide bonds. The average molecular weight is 249 g/mol. The van der Waals surface area contributed by atoms with Gasteiger partial charge in [-0.05, 0) is 31.9 Å². The van der Waals surface area contributed by atoms with Crippen LogP contribution in [-0.4, -0.2) is 9.55 Å². The third kappa shape index (κ3) is 2.12. The molecular formula is C14H20FN3. The number of rotatable bonds is 3. The molecule has 0 aliphatic rings. The standard InChI is InChI=1S/C14H20FN3/c1-8(2)13(16)14-17-11-7-10(15)5-6-12(11)18(14)9(3)4/h5-9,13H,16H2,1-4H3. The summed E-state index contributed by atoms with van der Waals surface area (Å²) in [6.07, 6.45) is 0. The maximum Gasteiger partial charge on any atom is 0.127 e. The normalized spacial score (nSPS) is 13.8. The van der Waals surface area contributed by atoms with Crippen LogP contribution in [0.1, 0.15) is 45.6 Å². The Morgan fingerprint density at radius 3 is 2.44 bits per heavy atom. The van der Waals surface area contributed by atoms with Gasteiger partial charge >= 0.3 is 0 Å². The maximum absolute atomic E-state index is 13.3. The minimum Gasteiger partial charge on any atom is -0.324 e. The zero-order chi connectivity index (χ0) is 13.4. The van der Waals surface area contributed by atoms with E-state index < -0.39 is 0 Å². The molecule has 0 saturated heterocycles. The minimum atomic E-state index is -0.263. The third-order valence-electron chi connectivity index (χ3n) is 3.21. The fourth-order valence-electron chi connectivity index (χ4n) is 2.17. The monoisotopic (exact) mass is 249 g/mol. The highest BCUT2D eigenvalue weighted by atomic mass is 19.1. The lowest BCUT2D eigenvalue weighted by atomic mass is 10.0. The van der Waals surface area contributed by atoms with Crippen molar-refractivity contribution in [1.29, 1.82) is 0 Å². The number of nitrogens with two attached hydrogens (primary N) is 1. The molecule has 98 valence electrons. The average Bonchev–Trinajstić information content (AvgIpc) is 2.65. The van der Waals surface area contributed by atoms with Crippen molar-refractivity contribution in [1.82, 2.24) is 9.55 Å². The van der Waals surface area contributed by atoms with Gasteiger partial charge in [-0.3, -0.25) is 0 Å². The maximum atomic E-state index is 13.3. The van der Waals surface area contributed by atoms with Crippen LogP contribution in [0.2, 0.25) is 0 Å². The van der Waals surface area contributed by atoms with Gasteiger partial charge < -0.3 is 10.3 Å². The summed E-state index contributed by atoms with van der Waals surface area (Å²) in [5, 5.41) is 0. The largest absolute Gasteiger partial charge is 0.324 e. The van der Waals surface area contributed by atoms with E-state index in [2.05, 4.69) is 37.2 Å². The van der Waals surface area contributed by atoms with Gasteiger partial charge in [-0.1, -0.05) is 13.8 Å². The van der Waals surface area contributed by atoms with Gasteiger partial charge in [0.2, 0.25) is 0 Å². The first-order valence-corrected chi connectivity index (χ1v) is 6.34. The number of aromatic nitrogens is 2. The lowest BCUT2D eigenvalue weighted by Crippen LogP contribution is -2.22. The molecule has 0 bridgehead atoms. The van der Waals surface area contributed by atoms with E-state index in [-0.39, 0.29) is 17.9 Å². The van der Waals surface area contributed by atoms with Gasteiger partial charge in [0.1, 0.15) is 11.6 Å². The van der Waals surface area contributed by atoms with Crippen LogP contribution >= 0.6 is 0 Å². The molecule has 1 atom stereocenters. The van der Waals surface area contributed by atoms with Crippen LogP contribution in [0.3, 0.4) is 0 Å². The van der Waals surface area contributed by atoms with Crippen LogP contribution in [-0.2, 0) is 0 Å². The second kappa shape index (κ2) is 4.69. The summed E-state index contributed by atoms with van der Waals surface area (Å²) in [4.78, 5) is 4.51. The SMILES string of the molecule is CC(C)C(N)c1nc2cc(F)ccc2n1C(C)C. The molecule has 0 saturated carbocycles. The van der Waals surface area contributed by atoms with Crippen molar-refractivity contribution in [2.75, 3.05) is 0 Å². The summed E-state index contributed by atoms with van der Waals surface area (Å²) in [6.45, 7) is 8.30. The van der Waals surface area contributed by atoms with E-state index in [1.165, 1.54) is 12.1 Å². The molecule has 3 nitrogen and oxygen atoms in total. The molecule has 0 spiro atoms. The van der Waals surface area contributed by atoms with Crippen molar-refractivity contribution in [3.8, 4) is 0 Å². The Hall–Kier alpha value is -1.42. The van der Waals surface area contributed by atoms with Crippen molar-refractivity contribution >= 4 is 11.0 Å². The fourth-order valence-corrected chi connectivity index (χ4v) is 2.17. The Morgan fingerprint density at radius 1 is 1.22 bits per heavy atom. The third-order valence-corrected chi connectivity index (χ3v) is 3.21. The summed E-state index contributed by atoms with van der Waals surface area (Å²) in [6, 6.07) is 4.81. The first-order valence-electron chi connectivity index (χ1n) is 6.34. The van der Waals surface area contributed by atoms with E-state index >= 15 is 0 Å². The zero-order valence-electron chi connectivity index (χ0n) is 11.3. The molecule has 2 rings (SSSR count). The minimum absolute atomic E-state index is 0.136. The van der Waals surface area contributed by atoms with Gasteiger partial charge in [0.05, 0.1) is 17.1 Å². The Kier molecular flexibility index (Phi) is 3.39. The van der Waals surface area contributed by atoms with Crippen molar-refractivity contribution in [2.24, 2.45) is 11.7 Å². The second-order valence-electron chi connectivity index (χ2n) is 5.34. The van der Waals surface area contributed by atoms with Crippen molar-refractivity contribution in [3.05, 3.63) is 29.8 Å². The molecule has 1 heterocycles. The first-order chi connectivity index (χ1) is 8.41. The van der Waals surface area contributed by atoms with Crippen LogP contribution in [0, 0.1) is 11.7 Å². The highest BCUT2D eigenvalue weighted by Crippen LogP contribution is 2.27. The smallest absolute Gasteiger partial charge is 0.127 e. The Balaban J connectivity index is 2.68. The van der Waals surface area contributed by atoms with Crippen molar-refractivity contribution in [3.63, 3.8) is 0 Å². The van der Waals surface area contributed by atoms with E-state index in [1.54, 1.807) is 6.07 Å². The lowest BCUT2D eigenvalue weighted by molar-refractivity contribution is 0.453. The van der Waals surface area contributed by atoms with E-state index in [4.69, 9.17) is 5.73 Å². The molecule has 2 aromatic rings. The molecular weight excluding hydrogens is 229 g/mol. The Bertz CT molecular complexity index is 557. The highest BCUT2D eigenvalue weighted by molar-refractivity contribution is 5.76. The van der Waals surface area contributed by atoms with Gasteiger partial charge in [0, 0.05) is 12.1 Å². The topological polar surface area (TPSA) is 43.8 Å². The van der Waals surface area contributed by atoms with Crippen molar-refractivity contribution in [2.45, 2.75) is 39.8 Å². The molecule has 4 heteroatoms. The molecule has 18 heavy (non-hydrogen) atoms. The van der Waals surface area contributed by atoms with E-state index in [9.17, 15) is 4.39 Å². The predicted octanol–water partition coefficient (Wildman–Crippen LogP) is 3.41. The predicted molar refractivity (Wildman–Crippen MR) is 71.8 cm³/mol. The number of benzene rings is 1. The zero-order valence-corrected chi connectivity index (χ0v) is 11.3. The summed E-state index contributed by atoms with van der Waals surface area (Å²) >= 11 is 0. The van der Waals surface area contributed by atoms with Crippen LogP contribution in [0.4, 0.5) is 4.39 Å². The molecule has 1 unspecified atom stereocenters. The molecule has 0 aliphatic heterocycles. The Labute approximate surface area is 107 Å². The number of hydrogen-bond donors (Lipinski definition) is 1. The summed E-state index contributed by atoms with van der Waals surface area (Å²) in [7, 11) is 0. The van der Waals surface area contributed by atoms with Crippen LogP contribution < -0.4 is 5.73 Å². The fraction of sp³-hybridized carbons (Fsp3) is 0.500. The van der Waals surface area contributed by atoms with Crippen LogP contribution in [0.15, 0.2) is 18.2 Å². The number of nitrogens with zero attached hydrogens (tertiary/aromatic N) is 2. The van der Waals surface area contributed by atoms with Crippen molar-refractivity contribution < 1.29 is 4.39 Å². The van der Waals surface area contributed by atoms with Gasteiger partial charge in [0.15, 0.2) is 0 Å². The summed E-state index contributed by atoms with van der Waals surface area (Å²) < 4.78 is 15.4. The molecule has 2 N–H and O–H groups in total. The number of fused-ring (bicyclic) bond motifs is 1. The summed E-state index contributed by atoms with van der Waals surface area (Å²) in [5.41, 5.74) is 7.82. The van der Waals surface area contributed by atoms with Gasteiger partial charge in [0.25, 0.3) is 0 Å². The van der Waals surface area contributed by atoms with Gasteiger partial charge in [-0.15, -0.1) is 0 Å². The second-order valence-corrected chi connectivity index (χ2v) is 5.34. The lowest BCUT2D eigenvalue weighted by Gasteiger charge is -2.19. The van der Waals surface area contributed by atoms with Crippen LogP contribution in [0.25, 0.3) is 11.0 Å². The van der Waals surface area contributed by atoms with E-state index in [0.717, 1.165) is 11.3 Å². The Morgan fingerprint density at radius 2 is 1.89 bits per heavy atom. The molecule has 0 fully saturated rings. The molecule has 0 radical (unpaired) electrons. The molecule has 0 aliphatic carbocycles. The highest BCUT2D eigenvalue weighted by Gasteiger charge is 2.21. The van der Waals surface area contributed by atoms with E-state index in [0.29, 0.717) is 11.4 Å². The number of hydrogen-bond acceptors (Lipinski definition) is 2. The van der Waals surface area contributed by atoms with E-state index in [1.807, 2.05) is 0 Å². The molecule has 1 aromatic heterocycles.